The van der Waals surface area contributed by atoms with E-state index in [1.54, 1.807) is 0 Å². The topological polar surface area (TPSA) is 30.9 Å². The van der Waals surface area contributed by atoms with Crippen LogP contribution in [0.25, 0.3) is 11.1 Å². The number of hydrogen-bond acceptors (Lipinski definition) is 1. The quantitative estimate of drug-likeness (QED) is 0.851. The summed E-state index contributed by atoms with van der Waals surface area (Å²) in [6.07, 6.45) is 7.28. The van der Waals surface area contributed by atoms with Gasteiger partial charge in [-0.25, -0.2) is 0 Å². The van der Waals surface area contributed by atoms with Gasteiger partial charge in [0, 0.05) is 24.5 Å². The highest BCUT2D eigenvalue weighted by molar-refractivity contribution is 5.76. The highest BCUT2D eigenvalue weighted by atomic mass is 14.9. The molecule has 0 bridgehead atoms. The van der Waals surface area contributed by atoms with E-state index in [4.69, 9.17) is 5.73 Å². The van der Waals surface area contributed by atoms with E-state index in [0.717, 1.165) is 24.2 Å². The van der Waals surface area contributed by atoms with E-state index in [9.17, 15) is 0 Å². The first-order valence-electron chi connectivity index (χ1n) is 6.07. The summed E-state index contributed by atoms with van der Waals surface area (Å²) in [6, 6.07) is 8.62. The monoisotopic (exact) mass is 227 g/mol. The number of rotatable bonds is 4. The van der Waals surface area contributed by atoms with Gasteiger partial charge in [0.2, 0.25) is 0 Å². The standard InChI is InChI=1S/C15H19N2/c1-3-9-17-10-14(15(16)11-17)13-7-5-12(4-2)6-8-13/h3,5-8,10-11H,4,9,16H2,1-2H3. The molecule has 0 unspecified atom stereocenters. The van der Waals surface area contributed by atoms with E-state index < -0.39 is 0 Å². The van der Waals surface area contributed by atoms with Gasteiger partial charge in [0.05, 0.1) is 5.69 Å². The largest absolute Gasteiger partial charge is 0.397 e. The number of benzene rings is 1. The molecule has 0 aliphatic rings. The van der Waals surface area contributed by atoms with Gasteiger partial charge in [-0.2, -0.15) is 0 Å². The fraction of sp³-hybridized carbons (Fsp3) is 0.267. The summed E-state index contributed by atoms with van der Waals surface area (Å²) in [6.45, 7) is 5.11. The van der Waals surface area contributed by atoms with E-state index >= 15 is 0 Å². The molecule has 2 rings (SSSR count). The maximum absolute atomic E-state index is 6.04. The molecular formula is C15H19N2. The van der Waals surface area contributed by atoms with Crippen molar-refractivity contribution >= 4 is 5.69 Å². The van der Waals surface area contributed by atoms with Gasteiger partial charge >= 0.3 is 0 Å². The Morgan fingerprint density at radius 3 is 2.47 bits per heavy atom. The van der Waals surface area contributed by atoms with Crippen molar-refractivity contribution in [1.29, 1.82) is 0 Å². The van der Waals surface area contributed by atoms with E-state index in [0.29, 0.717) is 0 Å². The molecule has 0 saturated carbocycles. The Morgan fingerprint density at radius 1 is 1.18 bits per heavy atom. The van der Waals surface area contributed by atoms with E-state index in [2.05, 4.69) is 48.4 Å². The van der Waals surface area contributed by atoms with Crippen LogP contribution in [0.1, 0.15) is 19.4 Å². The van der Waals surface area contributed by atoms with Gasteiger partial charge in [0.1, 0.15) is 0 Å². The number of nitrogens with zero attached hydrogens (tertiary/aromatic N) is 1. The summed E-state index contributed by atoms with van der Waals surface area (Å²) >= 11 is 0. The third-order valence-electron chi connectivity index (χ3n) is 2.98. The van der Waals surface area contributed by atoms with Gasteiger partial charge < -0.3 is 10.3 Å². The molecule has 1 aromatic heterocycles. The number of hydrogen-bond donors (Lipinski definition) is 1. The maximum Gasteiger partial charge on any atom is 0.0573 e. The van der Waals surface area contributed by atoms with Crippen molar-refractivity contribution in [2.24, 2.45) is 0 Å². The molecule has 0 aliphatic heterocycles. The molecule has 0 fully saturated rings. The summed E-state index contributed by atoms with van der Waals surface area (Å²) in [5, 5.41) is 0. The summed E-state index contributed by atoms with van der Waals surface area (Å²) in [5.41, 5.74) is 10.5. The molecule has 2 aromatic rings. The molecule has 1 radical (unpaired) electrons. The Labute approximate surface area is 103 Å². The minimum Gasteiger partial charge on any atom is -0.397 e. The Morgan fingerprint density at radius 2 is 1.88 bits per heavy atom. The zero-order valence-electron chi connectivity index (χ0n) is 10.5. The number of anilines is 1. The molecule has 0 atom stereocenters. The zero-order chi connectivity index (χ0) is 12.3. The Hall–Kier alpha value is -1.70. The van der Waals surface area contributed by atoms with Crippen LogP contribution in [0.2, 0.25) is 0 Å². The summed E-state index contributed by atoms with van der Waals surface area (Å²) in [7, 11) is 0. The van der Waals surface area contributed by atoms with Crippen molar-refractivity contribution in [3.8, 4) is 11.1 Å². The molecule has 89 valence electrons. The second-order valence-corrected chi connectivity index (χ2v) is 4.28. The molecular weight excluding hydrogens is 208 g/mol. The predicted molar refractivity (Wildman–Crippen MR) is 73.6 cm³/mol. The van der Waals surface area contributed by atoms with Crippen LogP contribution in [-0.2, 0) is 13.0 Å². The van der Waals surface area contributed by atoms with Gasteiger partial charge in [0.25, 0.3) is 0 Å². The van der Waals surface area contributed by atoms with Crippen LogP contribution in [0.5, 0.6) is 0 Å². The van der Waals surface area contributed by atoms with Crippen LogP contribution < -0.4 is 5.73 Å². The van der Waals surface area contributed by atoms with Crippen LogP contribution in [0.3, 0.4) is 0 Å². The van der Waals surface area contributed by atoms with Gasteiger partial charge in [-0.3, -0.25) is 0 Å². The molecule has 0 aliphatic carbocycles. The van der Waals surface area contributed by atoms with Crippen LogP contribution in [-0.4, -0.2) is 4.57 Å². The van der Waals surface area contributed by atoms with Gasteiger partial charge in [-0.15, -0.1) is 0 Å². The molecule has 2 N–H and O–H groups in total. The third-order valence-corrected chi connectivity index (χ3v) is 2.98. The highest BCUT2D eigenvalue weighted by Crippen LogP contribution is 2.27. The summed E-state index contributed by atoms with van der Waals surface area (Å²) in [5.74, 6) is 0. The summed E-state index contributed by atoms with van der Waals surface area (Å²) in [4.78, 5) is 0. The average molecular weight is 227 g/mol. The van der Waals surface area contributed by atoms with Crippen molar-refractivity contribution in [2.75, 3.05) is 5.73 Å². The minimum absolute atomic E-state index is 0.844. The Balaban J connectivity index is 2.31. The maximum atomic E-state index is 6.04. The van der Waals surface area contributed by atoms with Crippen molar-refractivity contribution < 1.29 is 0 Å². The molecule has 0 saturated heterocycles. The first-order valence-corrected chi connectivity index (χ1v) is 6.07. The van der Waals surface area contributed by atoms with Gasteiger partial charge in [0.15, 0.2) is 0 Å². The average Bonchev–Trinajstić information content (AvgIpc) is 2.71. The molecule has 1 aromatic carbocycles. The Bertz CT molecular complexity index is 480. The normalized spacial score (nSPS) is 10.7. The lowest BCUT2D eigenvalue weighted by Gasteiger charge is -2.02. The predicted octanol–water partition coefficient (Wildman–Crippen LogP) is 3.52. The molecule has 2 nitrogen and oxygen atoms in total. The first-order chi connectivity index (χ1) is 8.24. The number of nitrogen functional groups attached to an aromatic ring is 1. The lowest BCUT2D eigenvalue weighted by atomic mass is 10.0. The van der Waals surface area contributed by atoms with E-state index in [1.807, 2.05) is 13.1 Å². The van der Waals surface area contributed by atoms with Crippen LogP contribution in [0.4, 0.5) is 5.69 Å². The summed E-state index contributed by atoms with van der Waals surface area (Å²) < 4.78 is 2.11. The lowest BCUT2D eigenvalue weighted by molar-refractivity contribution is 0.787. The Kier molecular flexibility index (Phi) is 3.52. The molecule has 1 heterocycles. The van der Waals surface area contributed by atoms with Crippen molar-refractivity contribution in [1.82, 2.24) is 4.57 Å². The molecule has 2 heteroatoms. The second-order valence-electron chi connectivity index (χ2n) is 4.28. The smallest absolute Gasteiger partial charge is 0.0573 e. The number of nitrogens with two attached hydrogens (primary N) is 1. The SMILES string of the molecule is C[CH]Cn1cc(N)c(-c2ccc(CC)cc2)c1. The zero-order valence-corrected chi connectivity index (χ0v) is 10.5. The van der Waals surface area contributed by atoms with Crippen LogP contribution >= 0.6 is 0 Å². The van der Waals surface area contributed by atoms with Gasteiger partial charge in [-0.05, 0) is 24.0 Å². The fourth-order valence-corrected chi connectivity index (χ4v) is 2.00. The van der Waals surface area contributed by atoms with E-state index in [-0.39, 0.29) is 0 Å². The van der Waals surface area contributed by atoms with Gasteiger partial charge in [-0.1, -0.05) is 38.1 Å². The highest BCUT2D eigenvalue weighted by Gasteiger charge is 2.05. The molecule has 0 spiro atoms. The second kappa shape index (κ2) is 5.09. The van der Waals surface area contributed by atoms with Crippen LogP contribution in [0.15, 0.2) is 36.7 Å². The number of aromatic nitrogens is 1. The lowest BCUT2D eigenvalue weighted by Crippen LogP contribution is -1.91. The molecule has 0 amide bonds. The molecule has 17 heavy (non-hydrogen) atoms. The van der Waals surface area contributed by atoms with Crippen LogP contribution in [0, 0.1) is 6.42 Å². The van der Waals surface area contributed by atoms with E-state index in [1.165, 1.54) is 11.1 Å². The van der Waals surface area contributed by atoms with Crippen molar-refractivity contribution in [2.45, 2.75) is 26.8 Å². The minimum atomic E-state index is 0.844. The van der Waals surface area contributed by atoms with Crippen molar-refractivity contribution in [3.63, 3.8) is 0 Å². The fourth-order valence-electron chi connectivity index (χ4n) is 2.00. The third kappa shape index (κ3) is 2.52. The van der Waals surface area contributed by atoms with Crippen molar-refractivity contribution in [3.05, 3.63) is 48.6 Å². The first kappa shape index (κ1) is 11.8. The number of aryl methyl sites for hydroxylation is 1.